The van der Waals surface area contributed by atoms with E-state index in [1.54, 1.807) is 11.3 Å². The van der Waals surface area contributed by atoms with E-state index in [2.05, 4.69) is 24.8 Å². The van der Waals surface area contributed by atoms with E-state index in [4.69, 9.17) is 5.73 Å². The molecule has 1 aliphatic heterocycles. The highest BCUT2D eigenvalue weighted by atomic mass is 32.1. The van der Waals surface area contributed by atoms with E-state index < -0.39 is 0 Å². The molecule has 3 aliphatic rings. The zero-order chi connectivity index (χ0) is 12.7. The highest BCUT2D eigenvalue weighted by Crippen LogP contribution is 2.71. The number of thiophene rings is 1. The normalized spacial score (nSPS) is 31.0. The van der Waals surface area contributed by atoms with Crippen LogP contribution in [0.4, 0.5) is 5.00 Å². The van der Waals surface area contributed by atoms with E-state index in [1.165, 1.54) is 16.9 Å². The maximum absolute atomic E-state index is 9.36. The van der Waals surface area contributed by atoms with Gasteiger partial charge in [0.15, 0.2) is 0 Å². The minimum Gasteiger partial charge on any atom is -0.389 e. The smallest absolute Gasteiger partial charge is 0.104 e. The van der Waals surface area contributed by atoms with Gasteiger partial charge in [0, 0.05) is 29.4 Å². The Morgan fingerprint density at radius 3 is 2.83 bits per heavy atom. The minimum absolute atomic E-state index is 0.281. The van der Waals surface area contributed by atoms with Crippen LogP contribution < -0.4 is 5.73 Å². The Labute approximate surface area is 111 Å². The van der Waals surface area contributed by atoms with Gasteiger partial charge < -0.3 is 5.73 Å². The number of nitriles is 1. The van der Waals surface area contributed by atoms with E-state index in [9.17, 15) is 5.26 Å². The third-order valence-corrected chi connectivity index (χ3v) is 6.26. The second kappa shape index (κ2) is 3.09. The fourth-order valence-corrected chi connectivity index (χ4v) is 5.36. The number of nitrogen functional groups attached to an aromatic ring is 1. The summed E-state index contributed by atoms with van der Waals surface area (Å²) >= 11 is 1.68. The van der Waals surface area contributed by atoms with Gasteiger partial charge in [-0.2, -0.15) is 5.26 Å². The molecular weight excluding hydrogens is 242 g/mol. The fraction of sp³-hybridized carbons (Fsp3) is 0.643. The number of likely N-dealkylation sites (tertiary alicyclic amines) is 1. The summed E-state index contributed by atoms with van der Waals surface area (Å²) in [6, 6.07) is 2.96. The van der Waals surface area contributed by atoms with Crippen LogP contribution in [0.1, 0.15) is 42.2 Å². The van der Waals surface area contributed by atoms with E-state index in [0.29, 0.717) is 6.04 Å². The number of hydrogen-bond acceptors (Lipinski definition) is 4. The lowest BCUT2D eigenvalue weighted by Crippen LogP contribution is -2.62. The lowest BCUT2D eigenvalue weighted by molar-refractivity contribution is 0.0253. The molecule has 2 atom stereocenters. The number of rotatable bonds is 1. The van der Waals surface area contributed by atoms with Crippen molar-refractivity contribution in [2.75, 3.05) is 18.8 Å². The van der Waals surface area contributed by atoms with E-state index in [1.807, 2.05) is 0 Å². The molecule has 4 rings (SSSR count). The molecule has 1 saturated heterocycles. The van der Waals surface area contributed by atoms with Gasteiger partial charge in [0.2, 0.25) is 0 Å². The summed E-state index contributed by atoms with van der Waals surface area (Å²) in [5.74, 6) is 1.53. The average molecular weight is 259 g/mol. The zero-order valence-corrected chi connectivity index (χ0v) is 11.5. The van der Waals surface area contributed by atoms with E-state index >= 15 is 0 Å². The quantitative estimate of drug-likeness (QED) is 0.842. The summed E-state index contributed by atoms with van der Waals surface area (Å²) < 4.78 is 0. The Morgan fingerprint density at radius 2 is 2.22 bits per heavy atom. The molecule has 94 valence electrons. The van der Waals surface area contributed by atoms with Gasteiger partial charge in [0.1, 0.15) is 11.1 Å². The minimum atomic E-state index is 0.281. The Bertz CT molecular complexity index is 575. The molecule has 18 heavy (non-hydrogen) atoms. The number of hydrogen-bond donors (Lipinski definition) is 1. The van der Waals surface area contributed by atoms with Crippen LogP contribution in [0, 0.1) is 17.2 Å². The first-order valence-corrected chi connectivity index (χ1v) is 7.47. The summed E-state index contributed by atoms with van der Waals surface area (Å²) in [6.45, 7) is 6.76. The maximum atomic E-state index is 9.36. The van der Waals surface area contributed by atoms with Crippen molar-refractivity contribution in [3.8, 4) is 6.07 Å². The van der Waals surface area contributed by atoms with Gasteiger partial charge >= 0.3 is 0 Å². The van der Waals surface area contributed by atoms with Crippen molar-refractivity contribution in [1.82, 2.24) is 4.90 Å². The van der Waals surface area contributed by atoms with Crippen LogP contribution in [0.15, 0.2) is 0 Å². The van der Waals surface area contributed by atoms with Crippen LogP contribution in [-0.2, 0) is 5.41 Å². The molecule has 2 unspecified atom stereocenters. The lowest BCUT2D eigenvalue weighted by Gasteiger charge is -2.52. The van der Waals surface area contributed by atoms with Gasteiger partial charge in [-0.05, 0) is 37.7 Å². The summed E-state index contributed by atoms with van der Waals surface area (Å²) in [5, 5.41) is 10.1. The Balaban J connectivity index is 1.80. The molecule has 1 spiro atoms. The van der Waals surface area contributed by atoms with Crippen LogP contribution in [0.25, 0.3) is 0 Å². The first-order valence-electron chi connectivity index (χ1n) is 6.65. The summed E-state index contributed by atoms with van der Waals surface area (Å²) in [5.41, 5.74) is 8.44. The Morgan fingerprint density at radius 1 is 1.50 bits per heavy atom. The molecule has 0 amide bonds. The predicted octanol–water partition coefficient (Wildman–Crippen LogP) is 2.28. The van der Waals surface area contributed by atoms with Crippen molar-refractivity contribution in [2.45, 2.75) is 37.6 Å². The van der Waals surface area contributed by atoms with Crippen LogP contribution in [-0.4, -0.2) is 24.0 Å². The molecule has 2 aliphatic carbocycles. The van der Waals surface area contributed by atoms with E-state index in [0.717, 1.165) is 35.5 Å². The third kappa shape index (κ3) is 1.04. The molecule has 2 N–H and O–H groups in total. The van der Waals surface area contributed by atoms with Crippen molar-refractivity contribution in [3.63, 3.8) is 0 Å². The molecule has 0 aromatic carbocycles. The van der Waals surface area contributed by atoms with Crippen LogP contribution in [0.2, 0.25) is 0 Å². The number of anilines is 1. The van der Waals surface area contributed by atoms with Gasteiger partial charge in [0.25, 0.3) is 0 Å². The fourth-order valence-electron chi connectivity index (χ4n) is 4.05. The third-order valence-electron chi connectivity index (χ3n) is 5.11. The molecule has 1 aromatic rings. The van der Waals surface area contributed by atoms with Gasteiger partial charge in [-0.3, -0.25) is 4.90 Å². The largest absolute Gasteiger partial charge is 0.389 e. The molecule has 0 bridgehead atoms. The lowest BCUT2D eigenvalue weighted by atomic mass is 9.70. The molecule has 1 saturated carbocycles. The molecule has 2 heterocycles. The topological polar surface area (TPSA) is 53.0 Å². The second-order valence-electron chi connectivity index (χ2n) is 6.30. The Hall–Kier alpha value is -1.05. The molecule has 2 fully saturated rings. The standard InChI is InChI=1S/C14H17N3S/c1-7(2)17-5-14(6-17)10-3-8(10)12-11(14)9(4-15)13(16)18-12/h7-8,10H,3,5-6,16H2,1-2H3. The van der Waals surface area contributed by atoms with Crippen molar-refractivity contribution in [2.24, 2.45) is 5.92 Å². The molecular formula is C14H17N3S. The Kier molecular flexibility index (Phi) is 1.86. The summed E-state index contributed by atoms with van der Waals surface area (Å²) in [7, 11) is 0. The number of nitrogens with two attached hydrogens (primary N) is 1. The zero-order valence-electron chi connectivity index (χ0n) is 10.7. The highest BCUT2D eigenvalue weighted by molar-refractivity contribution is 7.16. The first-order chi connectivity index (χ1) is 8.58. The molecule has 4 heteroatoms. The van der Waals surface area contributed by atoms with Gasteiger partial charge in [-0.1, -0.05) is 0 Å². The number of nitrogens with zero attached hydrogens (tertiary/aromatic N) is 2. The van der Waals surface area contributed by atoms with Crippen molar-refractivity contribution >= 4 is 16.3 Å². The van der Waals surface area contributed by atoms with Crippen molar-refractivity contribution in [3.05, 3.63) is 16.0 Å². The SMILES string of the molecule is CC(C)N1CC2(C1)c1c(sc(N)c1C#N)C1CC12. The van der Waals surface area contributed by atoms with Crippen LogP contribution in [0.5, 0.6) is 0 Å². The monoisotopic (exact) mass is 259 g/mol. The van der Waals surface area contributed by atoms with Crippen LogP contribution >= 0.6 is 11.3 Å². The van der Waals surface area contributed by atoms with E-state index in [-0.39, 0.29) is 5.41 Å². The summed E-state index contributed by atoms with van der Waals surface area (Å²) in [4.78, 5) is 3.96. The number of fused-ring (bicyclic) bond motifs is 5. The van der Waals surface area contributed by atoms with Crippen molar-refractivity contribution < 1.29 is 0 Å². The maximum Gasteiger partial charge on any atom is 0.104 e. The molecule has 3 nitrogen and oxygen atoms in total. The first kappa shape index (κ1) is 10.8. The predicted molar refractivity (Wildman–Crippen MR) is 72.7 cm³/mol. The van der Waals surface area contributed by atoms with Gasteiger partial charge in [-0.25, -0.2) is 0 Å². The van der Waals surface area contributed by atoms with Crippen molar-refractivity contribution in [1.29, 1.82) is 5.26 Å². The van der Waals surface area contributed by atoms with Crippen LogP contribution in [0.3, 0.4) is 0 Å². The molecule has 1 aromatic heterocycles. The highest BCUT2D eigenvalue weighted by Gasteiger charge is 2.67. The molecule has 0 radical (unpaired) electrons. The van der Waals surface area contributed by atoms with Gasteiger partial charge in [0.05, 0.1) is 5.56 Å². The summed E-state index contributed by atoms with van der Waals surface area (Å²) in [6.07, 6.45) is 1.32. The average Bonchev–Trinajstić information content (AvgIpc) is 2.90. The second-order valence-corrected chi connectivity index (χ2v) is 7.38. The van der Waals surface area contributed by atoms with Gasteiger partial charge in [-0.15, -0.1) is 11.3 Å².